The van der Waals surface area contributed by atoms with Crippen molar-refractivity contribution in [3.63, 3.8) is 0 Å². The Morgan fingerprint density at radius 1 is 0.548 bits per heavy atom. The number of benzene rings is 4. The third kappa shape index (κ3) is 5.18. The lowest BCUT2D eigenvalue weighted by Gasteiger charge is -2.22. The SMILES string of the molecule is CCC(C)(C)c1cccc2nc(-c3ccc(C=Cc4ccc(-c5nc6cccc(C(C)(C)CC)c6o5)cc4)cc3)oc12. The monoisotopic (exact) mass is 554 g/mol. The highest BCUT2D eigenvalue weighted by Gasteiger charge is 2.25. The molecule has 0 aliphatic heterocycles. The molecule has 0 bridgehead atoms. The van der Waals surface area contributed by atoms with Crippen LogP contribution in [0, 0.1) is 0 Å². The molecule has 0 radical (unpaired) electrons. The Hall–Kier alpha value is -4.44. The molecule has 0 aliphatic carbocycles. The Kier molecular flexibility index (Phi) is 7.10. The van der Waals surface area contributed by atoms with E-state index >= 15 is 0 Å². The molecule has 2 heterocycles. The fourth-order valence-corrected chi connectivity index (χ4v) is 5.26. The zero-order valence-electron chi connectivity index (χ0n) is 25.4. The van der Waals surface area contributed by atoms with Gasteiger partial charge in [0.1, 0.15) is 11.0 Å². The van der Waals surface area contributed by atoms with Gasteiger partial charge in [-0.3, -0.25) is 0 Å². The standard InChI is InChI=1S/C38H38N2O2/c1-7-37(3,4)29-11-9-13-31-33(29)41-35(39-31)27-21-17-25(18-22-27)15-16-26-19-23-28(24-20-26)36-40-32-14-10-12-30(34(32)42-36)38(5,6)8-2/h9-24H,7-8H2,1-6H3. The molecule has 0 fully saturated rings. The molecule has 6 aromatic rings. The summed E-state index contributed by atoms with van der Waals surface area (Å²) in [7, 11) is 0. The average molecular weight is 555 g/mol. The first-order chi connectivity index (χ1) is 20.2. The fourth-order valence-electron chi connectivity index (χ4n) is 5.26. The van der Waals surface area contributed by atoms with Crippen molar-refractivity contribution in [1.82, 2.24) is 9.97 Å². The molecule has 212 valence electrons. The van der Waals surface area contributed by atoms with Gasteiger partial charge in [0.05, 0.1) is 0 Å². The minimum absolute atomic E-state index is 0.0289. The van der Waals surface area contributed by atoms with Crippen molar-refractivity contribution < 1.29 is 8.83 Å². The molecule has 0 N–H and O–H groups in total. The van der Waals surface area contributed by atoms with Gasteiger partial charge in [-0.1, -0.05) is 102 Å². The summed E-state index contributed by atoms with van der Waals surface area (Å²) < 4.78 is 12.6. The van der Waals surface area contributed by atoms with E-state index in [0.29, 0.717) is 11.8 Å². The molecule has 0 spiro atoms. The Labute approximate surface area is 248 Å². The number of hydrogen-bond acceptors (Lipinski definition) is 4. The molecule has 42 heavy (non-hydrogen) atoms. The Bertz CT molecular complexity index is 1740. The van der Waals surface area contributed by atoms with Gasteiger partial charge in [0, 0.05) is 22.3 Å². The maximum absolute atomic E-state index is 6.30. The van der Waals surface area contributed by atoms with Crippen molar-refractivity contribution >= 4 is 34.4 Å². The normalized spacial score (nSPS) is 12.6. The summed E-state index contributed by atoms with van der Waals surface area (Å²) in [5.74, 6) is 1.31. The van der Waals surface area contributed by atoms with Crippen molar-refractivity contribution in [2.24, 2.45) is 0 Å². The van der Waals surface area contributed by atoms with Gasteiger partial charge >= 0.3 is 0 Å². The molecule has 4 aromatic carbocycles. The topological polar surface area (TPSA) is 52.1 Å². The summed E-state index contributed by atoms with van der Waals surface area (Å²) in [6.45, 7) is 13.4. The molecule has 0 amide bonds. The van der Waals surface area contributed by atoms with E-state index in [1.54, 1.807) is 0 Å². The minimum Gasteiger partial charge on any atom is -0.436 e. The summed E-state index contributed by atoms with van der Waals surface area (Å²) in [5, 5.41) is 0. The van der Waals surface area contributed by atoms with Gasteiger partial charge in [-0.25, -0.2) is 9.97 Å². The Morgan fingerprint density at radius 2 is 0.929 bits per heavy atom. The van der Waals surface area contributed by atoms with E-state index in [0.717, 1.165) is 57.3 Å². The predicted octanol–water partition coefficient (Wildman–Crippen LogP) is 10.8. The highest BCUT2D eigenvalue weighted by atomic mass is 16.4. The largest absolute Gasteiger partial charge is 0.436 e. The van der Waals surface area contributed by atoms with E-state index in [-0.39, 0.29) is 10.8 Å². The van der Waals surface area contributed by atoms with Crippen LogP contribution in [0.1, 0.15) is 76.6 Å². The number of nitrogens with zero attached hydrogens (tertiary/aromatic N) is 2. The lowest BCUT2D eigenvalue weighted by Crippen LogP contribution is -2.15. The van der Waals surface area contributed by atoms with E-state index in [1.807, 2.05) is 12.1 Å². The average Bonchev–Trinajstić information content (AvgIpc) is 3.65. The van der Waals surface area contributed by atoms with Crippen LogP contribution in [0.4, 0.5) is 0 Å². The summed E-state index contributed by atoms with van der Waals surface area (Å²) in [4.78, 5) is 9.57. The third-order valence-corrected chi connectivity index (χ3v) is 8.84. The smallest absolute Gasteiger partial charge is 0.227 e. The maximum Gasteiger partial charge on any atom is 0.227 e. The van der Waals surface area contributed by atoms with Gasteiger partial charge in [0.15, 0.2) is 11.2 Å². The number of rotatable bonds is 8. The molecule has 4 nitrogen and oxygen atoms in total. The summed E-state index contributed by atoms with van der Waals surface area (Å²) in [6, 6.07) is 29.1. The highest BCUT2D eigenvalue weighted by molar-refractivity contribution is 5.82. The van der Waals surface area contributed by atoms with E-state index in [2.05, 4.69) is 126 Å². The quantitative estimate of drug-likeness (QED) is 0.176. The Balaban J connectivity index is 1.19. The number of oxazole rings is 2. The first kappa shape index (κ1) is 27.7. The van der Waals surface area contributed by atoms with Crippen LogP contribution in [-0.2, 0) is 10.8 Å². The molecule has 0 saturated heterocycles. The highest BCUT2D eigenvalue weighted by Crippen LogP contribution is 2.36. The zero-order valence-corrected chi connectivity index (χ0v) is 25.4. The van der Waals surface area contributed by atoms with Gasteiger partial charge in [0.25, 0.3) is 0 Å². The molecule has 4 heteroatoms. The predicted molar refractivity (Wildman–Crippen MR) is 174 cm³/mol. The summed E-state index contributed by atoms with van der Waals surface area (Å²) >= 11 is 0. The van der Waals surface area contributed by atoms with E-state index in [9.17, 15) is 0 Å². The van der Waals surface area contributed by atoms with Crippen LogP contribution < -0.4 is 0 Å². The van der Waals surface area contributed by atoms with Crippen LogP contribution >= 0.6 is 0 Å². The molecular formula is C38H38N2O2. The molecule has 0 saturated carbocycles. The maximum atomic E-state index is 6.30. The molecule has 0 atom stereocenters. The minimum atomic E-state index is 0.0289. The van der Waals surface area contributed by atoms with Crippen LogP contribution in [0.25, 0.3) is 57.3 Å². The van der Waals surface area contributed by atoms with Crippen LogP contribution in [-0.4, -0.2) is 9.97 Å². The van der Waals surface area contributed by atoms with Crippen LogP contribution in [0.15, 0.2) is 93.8 Å². The second-order valence-corrected chi connectivity index (χ2v) is 12.4. The van der Waals surface area contributed by atoms with Crippen molar-refractivity contribution in [3.8, 4) is 22.9 Å². The Morgan fingerprint density at radius 3 is 1.29 bits per heavy atom. The summed E-state index contributed by atoms with van der Waals surface area (Å²) in [6.07, 6.45) is 6.29. The van der Waals surface area contributed by atoms with Crippen molar-refractivity contribution in [1.29, 1.82) is 0 Å². The number of aromatic nitrogens is 2. The molecule has 0 unspecified atom stereocenters. The lowest BCUT2D eigenvalue weighted by molar-refractivity contribution is 0.497. The third-order valence-electron chi connectivity index (χ3n) is 8.84. The molecule has 6 rings (SSSR count). The number of hydrogen-bond donors (Lipinski definition) is 0. The van der Waals surface area contributed by atoms with Crippen molar-refractivity contribution in [2.45, 2.75) is 65.2 Å². The van der Waals surface area contributed by atoms with Crippen LogP contribution in [0.2, 0.25) is 0 Å². The number of para-hydroxylation sites is 2. The lowest BCUT2D eigenvalue weighted by atomic mass is 9.82. The van der Waals surface area contributed by atoms with Gasteiger partial charge in [-0.15, -0.1) is 0 Å². The van der Waals surface area contributed by atoms with Crippen LogP contribution in [0.5, 0.6) is 0 Å². The molecule has 0 aliphatic rings. The number of fused-ring (bicyclic) bond motifs is 2. The summed E-state index contributed by atoms with van der Waals surface area (Å²) in [5.41, 5.74) is 10.2. The van der Waals surface area contributed by atoms with Crippen molar-refractivity contribution in [3.05, 3.63) is 107 Å². The first-order valence-electron chi connectivity index (χ1n) is 14.9. The van der Waals surface area contributed by atoms with E-state index < -0.39 is 0 Å². The van der Waals surface area contributed by atoms with Gasteiger partial charge in [-0.05, 0) is 71.2 Å². The van der Waals surface area contributed by atoms with E-state index in [4.69, 9.17) is 18.8 Å². The second-order valence-electron chi connectivity index (χ2n) is 12.4. The van der Waals surface area contributed by atoms with Gasteiger partial charge in [-0.2, -0.15) is 0 Å². The fraction of sp³-hybridized carbons (Fsp3) is 0.263. The second kappa shape index (κ2) is 10.8. The van der Waals surface area contributed by atoms with E-state index in [1.165, 1.54) is 11.1 Å². The molecule has 2 aromatic heterocycles. The van der Waals surface area contributed by atoms with Gasteiger partial charge < -0.3 is 8.83 Å². The molecular weight excluding hydrogens is 516 g/mol. The zero-order chi connectivity index (χ0) is 29.5. The van der Waals surface area contributed by atoms with Crippen molar-refractivity contribution in [2.75, 3.05) is 0 Å². The van der Waals surface area contributed by atoms with Crippen LogP contribution in [0.3, 0.4) is 0 Å². The van der Waals surface area contributed by atoms with Gasteiger partial charge in [0.2, 0.25) is 11.8 Å². The first-order valence-corrected chi connectivity index (χ1v) is 14.9.